The standard InChI is InChI=1S/C28H28N4O3S/c1-28(2)23(32-26(35)20-10-6-7-11-21(20)27(32)36-28)25(34)31-22(16-18-8-4-3-5-9-18)24(33)30-17-19-12-14-29-15-13-19/h3-15,22-23,27H,16-17H2,1-2H3,(H,30,33)(H,31,34)/t22-,23+,27+/m0/s1. The van der Waals surface area contributed by atoms with Crippen molar-refractivity contribution in [2.45, 2.75) is 49.0 Å². The van der Waals surface area contributed by atoms with Crippen molar-refractivity contribution in [3.05, 3.63) is 101 Å². The van der Waals surface area contributed by atoms with Crippen molar-refractivity contribution in [3.8, 4) is 0 Å². The molecule has 3 amide bonds. The summed E-state index contributed by atoms with van der Waals surface area (Å²) in [4.78, 5) is 46.0. The Balaban J connectivity index is 1.37. The summed E-state index contributed by atoms with van der Waals surface area (Å²) in [5.74, 6) is -0.744. The van der Waals surface area contributed by atoms with Gasteiger partial charge in [-0.25, -0.2) is 0 Å². The van der Waals surface area contributed by atoms with Gasteiger partial charge in [0.15, 0.2) is 0 Å². The van der Waals surface area contributed by atoms with Gasteiger partial charge in [-0.2, -0.15) is 0 Å². The Bertz CT molecular complexity index is 1280. The van der Waals surface area contributed by atoms with Crippen molar-refractivity contribution < 1.29 is 14.4 Å². The minimum Gasteiger partial charge on any atom is -0.350 e. The van der Waals surface area contributed by atoms with Crippen LogP contribution in [0.1, 0.15) is 46.3 Å². The Morgan fingerprint density at radius 2 is 1.69 bits per heavy atom. The van der Waals surface area contributed by atoms with Crippen molar-refractivity contribution in [2.75, 3.05) is 0 Å². The third-order valence-corrected chi connectivity index (χ3v) is 8.21. The van der Waals surface area contributed by atoms with Gasteiger partial charge in [0, 0.05) is 35.7 Å². The lowest BCUT2D eigenvalue weighted by atomic mass is 9.99. The van der Waals surface area contributed by atoms with Crippen molar-refractivity contribution in [1.82, 2.24) is 20.5 Å². The van der Waals surface area contributed by atoms with Gasteiger partial charge in [0.25, 0.3) is 5.91 Å². The third-order valence-electron chi connectivity index (χ3n) is 6.68. The highest BCUT2D eigenvalue weighted by Crippen LogP contribution is 2.56. The van der Waals surface area contributed by atoms with Gasteiger partial charge in [-0.05, 0) is 48.7 Å². The van der Waals surface area contributed by atoms with E-state index in [4.69, 9.17) is 0 Å². The fourth-order valence-corrected chi connectivity index (χ4v) is 6.52. The zero-order valence-corrected chi connectivity index (χ0v) is 21.0. The number of carbonyl (C=O) groups is 3. The number of benzene rings is 2. The molecule has 3 aromatic rings. The number of thioether (sulfide) groups is 1. The number of fused-ring (bicyclic) bond motifs is 3. The molecule has 1 fully saturated rings. The average molecular weight is 501 g/mol. The second-order valence-corrected chi connectivity index (χ2v) is 11.3. The van der Waals surface area contributed by atoms with E-state index in [1.807, 2.05) is 80.6 Å². The SMILES string of the molecule is CC1(C)S[C@@H]2c3ccccc3C(=O)N2[C@@H]1C(=O)N[C@@H](Cc1ccccc1)C(=O)NCc1ccncc1. The highest BCUT2D eigenvalue weighted by Gasteiger charge is 2.57. The minimum atomic E-state index is -0.790. The summed E-state index contributed by atoms with van der Waals surface area (Å²) in [5, 5.41) is 5.71. The van der Waals surface area contributed by atoms with Crippen LogP contribution in [0, 0.1) is 0 Å². The molecule has 2 aliphatic rings. The molecule has 0 spiro atoms. The van der Waals surface area contributed by atoms with Crippen LogP contribution in [0.3, 0.4) is 0 Å². The largest absolute Gasteiger partial charge is 0.350 e. The first-order valence-electron chi connectivity index (χ1n) is 12.0. The predicted molar refractivity (Wildman–Crippen MR) is 139 cm³/mol. The van der Waals surface area contributed by atoms with Crippen molar-refractivity contribution in [3.63, 3.8) is 0 Å². The molecule has 0 saturated carbocycles. The van der Waals surface area contributed by atoms with Gasteiger partial charge in [0.2, 0.25) is 11.8 Å². The zero-order valence-electron chi connectivity index (χ0n) is 20.2. The van der Waals surface area contributed by atoms with Crippen LogP contribution in [0.25, 0.3) is 0 Å². The van der Waals surface area contributed by atoms with Gasteiger partial charge < -0.3 is 15.5 Å². The van der Waals surface area contributed by atoms with E-state index in [2.05, 4.69) is 15.6 Å². The summed E-state index contributed by atoms with van der Waals surface area (Å²) in [6.45, 7) is 4.28. The minimum absolute atomic E-state index is 0.143. The smallest absolute Gasteiger partial charge is 0.256 e. The molecule has 8 heteroatoms. The second kappa shape index (κ2) is 9.78. The molecular weight excluding hydrogens is 472 g/mol. The number of hydrogen-bond donors (Lipinski definition) is 2. The van der Waals surface area contributed by atoms with Crippen LogP contribution in [-0.4, -0.2) is 44.4 Å². The number of carbonyl (C=O) groups excluding carboxylic acids is 3. The molecule has 0 unspecified atom stereocenters. The number of amides is 3. The molecule has 2 aromatic carbocycles. The Labute approximate surface area is 214 Å². The van der Waals surface area contributed by atoms with E-state index in [1.54, 1.807) is 29.1 Å². The van der Waals surface area contributed by atoms with E-state index in [1.165, 1.54) is 0 Å². The van der Waals surface area contributed by atoms with Gasteiger partial charge in [0.1, 0.15) is 17.5 Å². The summed E-state index contributed by atoms with van der Waals surface area (Å²) in [6, 6.07) is 19.3. The van der Waals surface area contributed by atoms with Gasteiger partial charge >= 0.3 is 0 Å². The molecular formula is C28H28N4O3S. The normalized spacial score (nSPS) is 20.4. The van der Waals surface area contributed by atoms with Gasteiger partial charge in [-0.15, -0.1) is 11.8 Å². The second-order valence-electron chi connectivity index (χ2n) is 9.60. The van der Waals surface area contributed by atoms with Crippen molar-refractivity contribution >= 4 is 29.5 Å². The maximum atomic E-state index is 13.8. The molecule has 3 atom stereocenters. The number of aromatic nitrogens is 1. The molecule has 1 saturated heterocycles. The van der Waals surface area contributed by atoms with E-state index in [9.17, 15) is 14.4 Å². The molecule has 2 aliphatic heterocycles. The quantitative estimate of drug-likeness (QED) is 0.518. The lowest BCUT2D eigenvalue weighted by Crippen LogP contribution is -2.57. The molecule has 184 valence electrons. The molecule has 1 aromatic heterocycles. The molecule has 2 N–H and O–H groups in total. The number of nitrogens with zero attached hydrogens (tertiary/aromatic N) is 2. The van der Waals surface area contributed by atoms with Crippen molar-refractivity contribution in [1.29, 1.82) is 0 Å². The maximum Gasteiger partial charge on any atom is 0.256 e. The van der Waals surface area contributed by atoms with E-state index < -0.39 is 16.8 Å². The molecule has 7 nitrogen and oxygen atoms in total. The molecule has 0 aliphatic carbocycles. The Morgan fingerprint density at radius 1 is 1.00 bits per heavy atom. The van der Waals surface area contributed by atoms with Gasteiger partial charge in [0.05, 0.1) is 0 Å². The molecule has 3 heterocycles. The highest BCUT2D eigenvalue weighted by atomic mass is 32.2. The summed E-state index contributed by atoms with van der Waals surface area (Å²) in [7, 11) is 0. The monoisotopic (exact) mass is 500 g/mol. The Morgan fingerprint density at radius 3 is 2.44 bits per heavy atom. The van der Waals surface area contributed by atoms with Crippen LogP contribution in [0.15, 0.2) is 79.1 Å². The van der Waals surface area contributed by atoms with Crippen LogP contribution < -0.4 is 10.6 Å². The van der Waals surface area contributed by atoms with Crippen LogP contribution in [0.2, 0.25) is 0 Å². The summed E-state index contributed by atoms with van der Waals surface area (Å²) in [5.41, 5.74) is 3.43. The summed E-state index contributed by atoms with van der Waals surface area (Å²) < 4.78 is -0.525. The van der Waals surface area contributed by atoms with Crippen LogP contribution >= 0.6 is 11.8 Å². The number of rotatable bonds is 7. The van der Waals surface area contributed by atoms with E-state index in [-0.39, 0.29) is 23.1 Å². The molecule has 0 bridgehead atoms. The topological polar surface area (TPSA) is 91.4 Å². The molecule has 0 radical (unpaired) electrons. The fraction of sp³-hybridized carbons (Fsp3) is 0.286. The van der Waals surface area contributed by atoms with E-state index >= 15 is 0 Å². The fourth-order valence-electron chi connectivity index (χ4n) is 4.93. The van der Waals surface area contributed by atoms with E-state index in [0.29, 0.717) is 18.5 Å². The first-order valence-corrected chi connectivity index (χ1v) is 12.8. The van der Waals surface area contributed by atoms with Gasteiger partial charge in [-0.3, -0.25) is 19.4 Å². The summed E-state index contributed by atoms with van der Waals surface area (Å²) >= 11 is 1.61. The Hall–Kier alpha value is -3.65. The number of hydrogen-bond acceptors (Lipinski definition) is 5. The number of nitrogens with one attached hydrogen (secondary N) is 2. The van der Waals surface area contributed by atoms with E-state index in [0.717, 1.165) is 16.7 Å². The predicted octanol–water partition coefficient (Wildman–Crippen LogP) is 3.47. The summed E-state index contributed by atoms with van der Waals surface area (Å²) in [6.07, 6.45) is 3.69. The average Bonchev–Trinajstić information content (AvgIpc) is 3.32. The first kappa shape index (κ1) is 24.1. The first-order chi connectivity index (χ1) is 17.3. The zero-order chi connectivity index (χ0) is 25.3. The van der Waals surface area contributed by atoms with Crippen LogP contribution in [-0.2, 0) is 22.6 Å². The highest BCUT2D eigenvalue weighted by molar-refractivity contribution is 8.01. The lowest BCUT2D eigenvalue weighted by molar-refractivity contribution is -0.131. The maximum absolute atomic E-state index is 13.8. The van der Waals surface area contributed by atoms with Crippen LogP contribution in [0.5, 0.6) is 0 Å². The molecule has 36 heavy (non-hydrogen) atoms. The molecule has 5 rings (SSSR count). The Kier molecular flexibility index (Phi) is 6.53. The van der Waals surface area contributed by atoms with Crippen LogP contribution in [0.4, 0.5) is 0 Å². The van der Waals surface area contributed by atoms with Crippen molar-refractivity contribution in [2.24, 2.45) is 0 Å². The van der Waals surface area contributed by atoms with Gasteiger partial charge in [-0.1, -0.05) is 48.5 Å². The lowest BCUT2D eigenvalue weighted by Gasteiger charge is -2.31. The number of pyridine rings is 1. The third kappa shape index (κ3) is 4.60.